The van der Waals surface area contributed by atoms with Crippen molar-refractivity contribution in [3.05, 3.63) is 0 Å². The van der Waals surface area contributed by atoms with Gasteiger partial charge in [-0.2, -0.15) is 0 Å². The highest BCUT2D eigenvalue weighted by Gasteiger charge is 2.38. The molecule has 2 amide bonds. The molecule has 6 heteroatoms. The number of hydrogen-bond donors (Lipinski definition) is 1. The van der Waals surface area contributed by atoms with Crippen molar-refractivity contribution in [3.8, 4) is 0 Å². The van der Waals surface area contributed by atoms with Crippen LogP contribution in [0.25, 0.3) is 0 Å². The minimum Gasteiger partial charge on any atom is -0.384 e. The maximum atomic E-state index is 11.8. The number of primary amides is 1. The van der Waals surface area contributed by atoms with Crippen molar-refractivity contribution in [2.45, 2.75) is 6.42 Å². The van der Waals surface area contributed by atoms with E-state index in [0.717, 1.165) is 0 Å². The SMILES string of the molecule is COCCC(=O)N1C[C@@H](COC)[C@H](C(N)=O)C1. The summed E-state index contributed by atoms with van der Waals surface area (Å²) >= 11 is 0. The first-order valence-corrected chi connectivity index (χ1v) is 5.65. The van der Waals surface area contributed by atoms with E-state index in [1.54, 1.807) is 19.1 Å². The van der Waals surface area contributed by atoms with Gasteiger partial charge in [-0.25, -0.2) is 0 Å². The highest BCUT2D eigenvalue weighted by atomic mass is 16.5. The maximum Gasteiger partial charge on any atom is 0.224 e. The smallest absolute Gasteiger partial charge is 0.224 e. The molecular formula is C11H20N2O4. The molecule has 1 aliphatic rings. The topological polar surface area (TPSA) is 81.9 Å². The molecule has 1 rings (SSSR count). The van der Waals surface area contributed by atoms with Crippen LogP contribution in [0.2, 0.25) is 0 Å². The number of nitrogens with zero attached hydrogens (tertiary/aromatic N) is 1. The zero-order valence-electron chi connectivity index (χ0n) is 10.3. The second-order valence-electron chi connectivity index (χ2n) is 4.27. The van der Waals surface area contributed by atoms with Gasteiger partial charge in [0.05, 0.1) is 25.6 Å². The number of rotatable bonds is 6. The van der Waals surface area contributed by atoms with Gasteiger partial charge in [0.1, 0.15) is 0 Å². The number of amides is 2. The number of nitrogens with two attached hydrogens (primary N) is 1. The van der Waals surface area contributed by atoms with Crippen molar-refractivity contribution in [2.75, 3.05) is 40.5 Å². The lowest BCUT2D eigenvalue weighted by Gasteiger charge is -2.15. The second-order valence-corrected chi connectivity index (χ2v) is 4.27. The third kappa shape index (κ3) is 3.67. The minimum absolute atomic E-state index is 0.00305. The van der Waals surface area contributed by atoms with Gasteiger partial charge in [0.2, 0.25) is 11.8 Å². The van der Waals surface area contributed by atoms with Crippen LogP contribution in [0.3, 0.4) is 0 Å². The molecule has 1 saturated heterocycles. The zero-order valence-corrected chi connectivity index (χ0v) is 10.3. The molecule has 6 nitrogen and oxygen atoms in total. The number of methoxy groups -OCH3 is 2. The first-order chi connectivity index (χ1) is 8.10. The van der Waals surface area contributed by atoms with E-state index in [-0.39, 0.29) is 23.7 Å². The van der Waals surface area contributed by atoms with E-state index in [0.29, 0.717) is 32.7 Å². The molecule has 0 bridgehead atoms. The van der Waals surface area contributed by atoms with Crippen molar-refractivity contribution in [1.29, 1.82) is 0 Å². The van der Waals surface area contributed by atoms with Crippen LogP contribution in [0, 0.1) is 11.8 Å². The van der Waals surface area contributed by atoms with Gasteiger partial charge in [-0.3, -0.25) is 9.59 Å². The Morgan fingerprint density at radius 1 is 1.29 bits per heavy atom. The van der Waals surface area contributed by atoms with Crippen LogP contribution < -0.4 is 5.73 Å². The maximum absolute atomic E-state index is 11.8. The third-order valence-corrected chi connectivity index (χ3v) is 3.06. The Kier molecular flexibility index (Phi) is 5.37. The highest BCUT2D eigenvalue weighted by Crippen LogP contribution is 2.24. The van der Waals surface area contributed by atoms with Gasteiger partial charge in [0.25, 0.3) is 0 Å². The fourth-order valence-electron chi connectivity index (χ4n) is 2.13. The zero-order chi connectivity index (χ0) is 12.8. The van der Waals surface area contributed by atoms with Crippen LogP contribution in [-0.4, -0.2) is 57.2 Å². The Balaban J connectivity index is 2.55. The molecule has 0 spiro atoms. The third-order valence-electron chi connectivity index (χ3n) is 3.06. The summed E-state index contributed by atoms with van der Waals surface area (Å²) in [5.41, 5.74) is 5.32. The van der Waals surface area contributed by atoms with Gasteiger partial charge in [0, 0.05) is 33.2 Å². The largest absolute Gasteiger partial charge is 0.384 e. The summed E-state index contributed by atoms with van der Waals surface area (Å²) in [6, 6.07) is 0. The van der Waals surface area contributed by atoms with Crippen molar-refractivity contribution in [3.63, 3.8) is 0 Å². The normalized spacial score (nSPS) is 24.0. The average molecular weight is 244 g/mol. The molecule has 0 aromatic carbocycles. The minimum atomic E-state index is -0.367. The van der Waals surface area contributed by atoms with Gasteiger partial charge in [-0.15, -0.1) is 0 Å². The molecule has 0 aromatic rings. The molecular weight excluding hydrogens is 224 g/mol. The van der Waals surface area contributed by atoms with Crippen LogP contribution in [-0.2, 0) is 19.1 Å². The summed E-state index contributed by atoms with van der Waals surface area (Å²) in [5, 5.41) is 0. The second kappa shape index (κ2) is 6.56. The molecule has 1 fully saturated rings. The highest BCUT2D eigenvalue weighted by molar-refractivity contribution is 5.81. The fraction of sp³-hybridized carbons (Fsp3) is 0.818. The Hall–Kier alpha value is -1.14. The van der Waals surface area contributed by atoms with E-state index >= 15 is 0 Å². The first kappa shape index (κ1) is 13.9. The fourth-order valence-corrected chi connectivity index (χ4v) is 2.13. The number of hydrogen-bond acceptors (Lipinski definition) is 4. The molecule has 0 aliphatic carbocycles. The Bertz CT molecular complexity index is 283. The molecule has 98 valence electrons. The molecule has 2 atom stereocenters. The molecule has 1 aliphatic heterocycles. The first-order valence-electron chi connectivity index (χ1n) is 5.65. The molecule has 0 aromatic heterocycles. The summed E-state index contributed by atoms with van der Waals surface area (Å²) < 4.78 is 9.90. The van der Waals surface area contributed by atoms with Gasteiger partial charge < -0.3 is 20.1 Å². The van der Waals surface area contributed by atoms with Crippen LogP contribution >= 0.6 is 0 Å². The van der Waals surface area contributed by atoms with E-state index in [2.05, 4.69) is 0 Å². The molecule has 0 radical (unpaired) electrons. The Labute approximate surface area is 101 Å². The molecule has 17 heavy (non-hydrogen) atoms. The number of carbonyl (C=O) groups is 2. The lowest BCUT2D eigenvalue weighted by Crippen LogP contribution is -2.32. The predicted octanol–water partition coefficient (Wildman–Crippen LogP) is -0.771. The Morgan fingerprint density at radius 3 is 2.53 bits per heavy atom. The summed E-state index contributed by atoms with van der Waals surface area (Å²) in [4.78, 5) is 24.7. The van der Waals surface area contributed by atoms with Crippen LogP contribution in [0.1, 0.15) is 6.42 Å². The summed E-state index contributed by atoms with van der Waals surface area (Å²) in [7, 11) is 3.13. The van der Waals surface area contributed by atoms with E-state index in [1.807, 2.05) is 0 Å². The van der Waals surface area contributed by atoms with E-state index in [9.17, 15) is 9.59 Å². The van der Waals surface area contributed by atoms with Crippen LogP contribution in [0.5, 0.6) is 0 Å². The number of carbonyl (C=O) groups excluding carboxylic acids is 2. The lowest BCUT2D eigenvalue weighted by atomic mass is 9.96. The van der Waals surface area contributed by atoms with Crippen molar-refractivity contribution in [1.82, 2.24) is 4.90 Å². The quantitative estimate of drug-likeness (QED) is 0.665. The van der Waals surface area contributed by atoms with Crippen molar-refractivity contribution < 1.29 is 19.1 Å². The van der Waals surface area contributed by atoms with E-state index < -0.39 is 0 Å². The van der Waals surface area contributed by atoms with E-state index in [1.165, 1.54) is 0 Å². The number of ether oxygens (including phenoxy) is 2. The summed E-state index contributed by atoms with van der Waals surface area (Å²) in [5.74, 6) is -0.670. The Morgan fingerprint density at radius 2 is 2.00 bits per heavy atom. The van der Waals surface area contributed by atoms with Crippen molar-refractivity contribution >= 4 is 11.8 Å². The van der Waals surface area contributed by atoms with Crippen LogP contribution in [0.15, 0.2) is 0 Å². The standard InChI is InChI=1S/C11H20N2O4/c1-16-4-3-10(14)13-5-8(7-17-2)9(6-13)11(12)15/h8-9H,3-7H2,1-2H3,(H2,12,15)/t8-,9+/m0/s1. The summed E-state index contributed by atoms with van der Waals surface area (Å²) in [6.07, 6.45) is 0.335. The van der Waals surface area contributed by atoms with Gasteiger partial charge in [-0.1, -0.05) is 0 Å². The van der Waals surface area contributed by atoms with Gasteiger partial charge in [-0.05, 0) is 0 Å². The monoisotopic (exact) mass is 244 g/mol. The lowest BCUT2D eigenvalue weighted by molar-refractivity contribution is -0.131. The van der Waals surface area contributed by atoms with Crippen LogP contribution in [0.4, 0.5) is 0 Å². The molecule has 1 heterocycles. The molecule has 2 N–H and O–H groups in total. The number of likely N-dealkylation sites (tertiary alicyclic amines) is 1. The molecule has 0 saturated carbocycles. The van der Waals surface area contributed by atoms with Gasteiger partial charge >= 0.3 is 0 Å². The van der Waals surface area contributed by atoms with Crippen molar-refractivity contribution in [2.24, 2.45) is 17.6 Å². The van der Waals surface area contributed by atoms with E-state index in [4.69, 9.17) is 15.2 Å². The average Bonchev–Trinajstić information content (AvgIpc) is 2.70. The van der Waals surface area contributed by atoms with Gasteiger partial charge in [0.15, 0.2) is 0 Å². The summed E-state index contributed by atoms with van der Waals surface area (Å²) in [6.45, 7) is 1.77. The predicted molar refractivity (Wildman–Crippen MR) is 61.1 cm³/mol. The molecule has 0 unspecified atom stereocenters.